The molecule has 0 bridgehead atoms. The van der Waals surface area contributed by atoms with Crippen LogP contribution >= 0.6 is 11.6 Å². The Labute approximate surface area is 171 Å². The molecule has 5 nitrogen and oxygen atoms in total. The first-order valence-corrected chi connectivity index (χ1v) is 10.2. The molecule has 3 rings (SSSR count). The molecular formula is C22H28ClN3O2. The molecule has 0 radical (unpaired) electrons. The number of pyridine rings is 1. The van der Waals surface area contributed by atoms with E-state index in [2.05, 4.69) is 17.0 Å². The Hall–Kier alpha value is -2.11. The highest BCUT2D eigenvalue weighted by atomic mass is 35.5. The average Bonchev–Trinajstić information content (AvgIpc) is 2.69. The van der Waals surface area contributed by atoms with Gasteiger partial charge in [0.2, 0.25) is 5.56 Å². The molecule has 0 saturated carbocycles. The average molecular weight is 402 g/mol. The first kappa shape index (κ1) is 20.6. The van der Waals surface area contributed by atoms with Crippen molar-refractivity contribution in [3.63, 3.8) is 0 Å². The van der Waals surface area contributed by atoms with Gasteiger partial charge >= 0.3 is 0 Å². The largest absolute Gasteiger partial charge is 0.341 e. The lowest BCUT2D eigenvalue weighted by molar-refractivity contribution is 0.0729. The van der Waals surface area contributed by atoms with E-state index in [4.69, 9.17) is 11.6 Å². The first-order valence-electron chi connectivity index (χ1n) is 9.81. The summed E-state index contributed by atoms with van der Waals surface area (Å²) < 4.78 is 1.44. The third-order valence-corrected chi connectivity index (χ3v) is 5.70. The number of benzene rings is 1. The Morgan fingerprint density at radius 2 is 1.96 bits per heavy atom. The fraction of sp³-hybridized carbons (Fsp3) is 0.455. The maximum Gasteiger partial charge on any atom is 0.255 e. The zero-order valence-electron chi connectivity index (χ0n) is 16.6. The Balaban J connectivity index is 1.52. The Bertz CT molecular complexity index is 863. The normalized spacial score (nSPS) is 17.5. The molecular weight excluding hydrogens is 374 g/mol. The summed E-state index contributed by atoms with van der Waals surface area (Å²) in [5.74, 6) is 0.439. The lowest BCUT2D eigenvalue weighted by Crippen LogP contribution is -2.42. The minimum atomic E-state index is -0.109. The lowest BCUT2D eigenvalue weighted by Gasteiger charge is -2.34. The smallest absolute Gasteiger partial charge is 0.255 e. The van der Waals surface area contributed by atoms with Crippen LogP contribution in [0.15, 0.2) is 47.4 Å². The summed E-state index contributed by atoms with van der Waals surface area (Å²) in [4.78, 5) is 28.5. The van der Waals surface area contributed by atoms with E-state index in [0.29, 0.717) is 11.5 Å². The van der Waals surface area contributed by atoms with Gasteiger partial charge in [-0.05, 0) is 55.5 Å². The van der Waals surface area contributed by atoms with Gasteiger partial charge in [0.05, 0.1) is 5.56 Å². The summed E-state index contributed by atoms with van der Waals surface area (Å²) in [5, 5.41) is 0.771. The molecule has 0 N–H and O–H groups in total. The molecule has 2 heterocycles. The van der Waals surface area contributed by atoms with Gasteiger partial charge in [0.15, 0.2) is 0 Å². The van der Waals surface area contributed by atoms with E-state index in [1.807, 2.05) is 19.2 Å². The number of aromatic nitrogens is 1. The van der Waals surface area contributed by atoms with Crippen LogP contribution in [-0.2, 0) is 13.5 Å². The number of piperidine rings is 1. The summed E-state index contributed by atoms with van der Waals surface area (Å²) in [6, 6.07) is 11.1. The molecule has 1 fully saturated rings. The first-order chi connectivity index (χ1) is 13.4. The molecule has 1 amide bonds. The molecule has 150 valence electrons. The molecule has 1 aliphatic heterocycles. The minimum absolute atomic E-state index is 0.0334. The molecule has 0 unspecified atom stereocenters. The van der Waals surface area contributed by atoms with Crippen LogP contribution in [0.4, 0.5) is 0 Å². The minimum Gasteiger partial charge on any atom is -0.341 e. The predicted molar refractivity (Wildman–Crippen MR) is 113 cm³/mol. The molecule has 0 spiro atoms. The van der Waals surface area contributed by atoms with E-state index in [1.165, 1.54) is 16.2 Å². The van der Waals surface area contributed by atoms with Gasteiger partial charge in [0.1, 0.15) is 0 Å². The van der Waals surface area contributed by atoms with E-state index in [-0.39, 0.29) is 11.5 Å². The molecule has 1 aromatic carbocycles. The number of rotatable bonds is 6. The van der Waals surface area contributed by atoms with Crippen molar-refractivity contribution < 1.29 is 4.79 Å². The van der Waals surface area contributed by atoms with E-state index >= 15 is 0 Å². The predicted octanol–water partition coefficient (Wildman–Crippen LogP) is 3.07. The number of likely N-dealkylation sites (tertiary alicyclic amines) is 1. The molecule has 28 heavy (non-hydrogen) atoms. The molecule has 1 aliphatic rings. The summed E-state index contributed by atoms with van der Waals surface area (Å²) in [7, 11) is 3.51. The van der Waals surface area contributed by atoms with Gasteiger partial charge in [-0.1, -0.05) is 23.7 Å². The summed E-state index contributed by atoms with van der Waals surface area (Å²) in [6.45, 7) is 3.89. The van der Waals surface area contributed by atoms with Crippen molar-refractivity contribution in [2.45, 2.75) is 19.3 Å². The van der Waals surface area contributed by atoms with Crippen LogP contribution in [0.5, 0.6) is 0 Å². The van der Waals surface area contributed by atoms with Gasteiger partial charge in [-0.15, -0.1) is 0 Å². The van der Waals surface area contributed by atoms with Crippen LogP contribution in [-0.4, -0.2) is 53.5 Å². The second-order valence-electron chi connectivity index (χ2n) is 7.74. The molecule has 1 atom stereocenters. The number of nitrogens with zero attached hydrogens (tertiary/aromatic N) is 3. The van der Waals surface area contributed by atoms with Crippen molar-refractivity contribution in [2.24, 2.45) is 13.0 Å². The number of carbonyl (C=O) groups is 1. The zero-order chi connectivity index (χ0) is 20.1. The zero-order valence-corrected chi connectivity index (χ0v) is 17.4. The lowest BCUT2D eigenvalue weighted by atomic mass is 9.97. The van der Waals surface area contributed by atoms with Gasteiger partial charge in [-0.2, -0.15) is 0 Å². The van der Waals surface area contributed by atoms with Crippen molar-refractivity contribution in [3.05, 3.63) is 69.1 Å². The number of aryl methyl sites for hydroxylation is 1. The maximum atomic E-state index is 12.7. The van der Waals surface area contributed by atoms with Crippen LogP contribution in [0.3, 0.4) is 0 Å². The van der Waals surface area contributed by atoms with Gasteiger partial charge in [0, 0.05) is 51.0 Å². The van der Waals surface area contributed by atoms with E-state index in [0.717, 1.165) is 50.5 Å². The van der Waals surface area contributed by atoms with Crippen LogP contribution < -0.4 is 5.56 Å². The highest BCUT2D eigenvalue weighted by molar-refractivity contribution is 6.30. The number of hydrogen-bond acceptors (Lipinski definition) is 3. The Morgan fingerprint density at radius 3 is 2.68 bits per heavy atom. The third-order valence-electron chi connectivity index (χ3n) is 5.44. The number of hydrogen-bond donors (Lipinski definition) is 0. The Morgan fingerprint density at radius 1 is 1.21 bits per heavy atom. The van der Waals surface area contributed by atoms with E-state index < -0.39 is 0 Å². The SMILES string of the molecule is CN(C[C@H]1CCCN(CCc2ccc(Cl)cc2)C1)C(=O)c1ccc(=O)n(C)c1. The second-order valence-corrected chi connectivity index (χ2v) is 8.17. The highest BCUT2D eigenvalue weighted by Crippen LogP contribution is 2.19. The third kappa shape index (κ3) is 5.46. The summed E-state index contributed by atoms with van der Waals surface area (Å²) in [5.41, 5.74) is 1.75. The van der Waals surface area contributed by atoms with E-state index in [9.17, 15) is 9.59 Å². The highest BCUT2D eigenvalue weighted by Gasteiger charge is 2.23. The molecule has 1 aromatic heterocycles. The van der Waals surface area contributed by atoms with Crippen molar-refractivity contribution >= 4 is 17.5 Å². The van der Waals surface area contributed by atoms with Crippen molar-refractivity contribution in [1.82, 2.24) is 14.4 Å². The van der Waals surface area contributed by atoms with Gasteiger partial charge in [0.25, 0.3) is 5.91 Å². The van der Waals surface area contributed by atoms with Crippen molar-refractivity contribution in [3.8, 4) is 0 Å². The van der Waals surface area contributed by atoms with E-state index in [1.54, 1.807) is 24.2 Å². The number of carbonyl (C=O) groups excluding carboxylic acids is 1. The van der Waals surface area contributed by atoms with Crippen LogP contribution in [0.25, 0.3) is 0 Å². The standard InChI is InChI=1S/C22H28ClN3O2/c1-24-16-19(7-10-21(24)27)22(28)25(2)14-18-4-3-12-26(15-18)13-11-17-5-8-20(23)9-6-17/h5-10,16,18H,3-4,11-15H2,1-2H3/t18-/m1/s1. The van der Waals surface area contributed by atoms with Crippen molar-refractivity contribution in [1.29, 1.82) is 0 Å². The second kappa shape index (κ2) is 9.39. The molecule has 2 aromatic rings. The fourth-order valence-corrected chi connectivity index (χ4v) is 3.98. The van der Waals surface area contributed by atoms with Crippen LogP contribution in [0, 0.1) is 5.92 Å². The van der Waals surface area contributed by atoms with Crippen LogP contribution in [0.1, 0.15) is 28.8 Å². The maximum absolute atomic E-state index is 12.7. The quantitative estimate of drug-likeness (QED) is 0.747. The van der Waals surface area contributed by atoms with Gasteiger partial charge in [-0.3, -0.25) is 9.59 Å². The summed E-state index contributed by atoms with van der Waals surface area (Å²) >= 11 is 5.95. The topological polar surface area (TPSA) is 45.6 Å². The van der Waals surface area contributed by atoms with Gasteiger partial charge < -0.3 is 14.4 Å². The summed E-state index contributed by atoms with van der Waals surface area (Å²) in [6.07, 6.45) is 4.92. The Kier molecular flexibility index (Phi) is 6.92. The molecule has 0 aliphatic carbocycles. The monoisotopic (exact) mass is 401 g/mol. The molecule has 6 heteroatoms. The van der Waals surface area contributed by atoms with Crippen LogP contribution in [0.2, 0.25) is 5.02 Å². The van der Waals surface area contributed by atoms with Gasteiger partial charge in [-0.25, -0.2) is 0 Å². The van der Waals surface area contributed by atoms with Crippen molar-refractivity contribution in [2.75, 3.05) is 33.2 Å². The number of amides is 1. The fourth-order valence-electron chi connectivity index (χ4n) is 3.85. The number of halogens is 1. The molecule has 1 saturated heterocycles.